The summed E-state index contributed by atoms with van der Waals surface area (Å²) >= 11 is 0. The van der Waals surface area contributed by atoms with Gasteiger partial charge in [0.15, 0.2) is 0 Å². The zero-order valence-electron chi connectivity index (χ0n) is 21.9. The SMILES string of the molecule is Cc1cc(-c2cccc(-c3ccccc3O)c2)nc(N(c2ccccc2)c2cc3c(cn2)CCCC3)c1C. The molecule has 4 nitrogen and oxygen atoms in total. The van der Waals surface area contributed by atoms with Crippen LogP contribution in [0.15, 0.2) is 97.2 Å². The fourth-order valence-corrected chi connectivity index (χ4v) is 5.31. The number of phenolic OH excluding ortho intramolecular Hbond substituents is 1. The summed E-state index contributed by atoms with van der Waals surface area (Å²) < 4.78 is 0. The second kappa shape index (κ2) is 10.1. The van der Waals surface area contributed by atoms with Gasteiger partial charge in [-0.1, -0.05) is 54.6 Å². The molecule has 1 aliphatic rings. The maximum atomic E-state index is 10.4. The number of nitrogens with zero attached hydrogens (tertiary/aromatic N) is 3. The van der Waals surface area contributed by atoms with Gasteiger partial charge in [0.25, 0.3) is 0 Å². The number of hydrogen-bond donors (Lipinski definition) is 1. The van der Waals surface area contributed by atoms with E-state index in [1.807, 2.05) is 36.4 Å². The molecule has 0 spiro atoms. The van der Waals surface area contributed by atoms with Crippen LogP contribution in [0.3, 0.4) is 0 Å². The molecule has 0 unspecified atom stereocenters. The quantitative estimate of drug-likeness (QED) is 0.264. The number of rotatable bonds is 5. The van der Waals surface area contributed by atoms with E-state index in [2.05, 4.69) is 73.5 Å². The first kappa shape index (κ1) is 23.9. The molecule has 2 heterocycles. The van der Waals surface area contributed by atoms with Gasteiger partial charge in [-0.15, -0.1) is 0 Å². The van der Waals surface area contributed by atoms with E-state index in [0.717, 1.165) is 63.7 Å². The zero-order valence-corrected chi connectivity index (χ0v) is 21.9. The van der Waals surface area contributed by atoms with Gasteiger partial charge in [-0.2, -0.15) is 0 Å². The summed E-state index contributed by atoms with van der Waals surface area (Å²) in [5.41, 5.74) is 9.73. The molecule has 2 aromatic heterocycles. The molecule has 0 bridgehead atoms. The molecule has 0 saturated carbocycles. The number of fused-ring (bicyclic) bond motifs is 1. The minimum atomic E-state index is 0.270. The molecule has 4 heteroatoms. The Morgan fingerprint density at radius 3 is 2.29 bits per heavy atom. The molecule has 1 N–H and O–H groups in total. The minimum Gasteiger partial charge on any atom is -0.507 e. The van der Waals surface area contributed by atoms with Crippen LogP contribution < -0.4 is 4.90 Å². The first-order valence-electron chi connectivity index (χ1n) is 13.3. The highest BCUT2D eigenvalue weighted by Gasteiger charge is 2.21. The molecule has 38 heavy (non-hydrogen) atoms. The van der Waals surface area contributed by atoms with Crippen molar-refractivity contribution in [2.45, 2.75) is 39.5 Å². The molecule has 3 aromatic carbocycles. The Labute approximate surface area is 224 Å². The van der Waals surface area contributed by atoms with Gasteiger partial charge >= 0.3 is 0 Å². The highest BCUT2D eigenvalue weighted by Crippen LogP contribution is 2.39. The number of benzene rings is 3. The van der Waals surface area contributed by atoms with Crippen LogP contribution in [0.1, 0.15) is 35.1 Å². The first-order valence-corrected chi connectivity index (χ1v) is 13.3. The molecule has 0 aliphatic heterocycles. The lowest BCUT2D eigenvalue weighted by Crippen LogP contribution is -2.17. The van der Waals surface area contributed by atoms with Gasteiger partial charge in [0.1, 0.15) is 17.4 Å². The van der Waals surface area contributed by atoms with Gasteiger partial charge in [0, 0.05) is 23.0 Å². The van der Waals surface area contributed by atoms with Gasteiger partial charge < -0.3 is 5.11 Å². The van der Waals surface area contributed by atoms with Gasteiger partial charge in [-0.25, -0.2) is 9.97 Å². The van der Waals surface area contributed by atoms with Crippen LogP contribution in [0.4, 0.5) is 17.3 Å². The third kappa shape index (κ3) is 4.54. The molecule has 6 rings (SSSR count). The van der Waals surface area contributed by atoms with Crippen LogP contribution in [-0.2, 0) is 12.8 Å². The summed E-state index contributed by atoms with van der Waals surface area (Å²) in [6.45, 7) is 4.27. The predicted octanol–water partition coefficient (Wildman–Crippen LogP) is 8.48. The van der Waals surface area contributed by atoms with Gasteiger partial charge in [-0.3, -0.25) is 4.90 Å². The lowest BCUT2D eigenvalue weighted by Gasteiger charge is -2.27. The number of phenols is 1. The Hall–Kier alpha value is -4.44. The van der Waals surface area contributed by atoms with Crippen LogP contribution in [0, 0.1) is 13.8 Å². The smallest absolute Gasteiger partial charge is 0.142 e. The number of aromatic hydroxyl groups is 1. The van der Waals surface area contributed by atoms with E-state index in [0.29, 0.717) is 0 Å². The van der Waals surface area contributed by atoms with Crippen molar-refractivity contribution in [3.63, 3.8) is 0 Å². The van der Waals surface area contributed by atoms with E-state index in [1.165, 1.54) is 24.0 Å². The number of aryl methyl sites for hydroxylation is 3. The van der Waals surface area contributed by atoms with Crippen molar-refractivity contribution in [2.75, 3.05) is 4.90 Å². The highest BCUT2D eigenvalue weighted by molar-refractivity contribution is 5.79. The summed E-state index contributed by atoms with van der Waals surface area (Å²) in [4.78, 5) is 12.4. The lowest BCUT2D eigenvalue weighted by atomic mass is 9.93. The average molecular weight is 498 g/mol. The fourth-order valence-electron chi connectivity index (χ4n) is 5.31. The minimum absolute atomic E-state index is 0.270. The standard InChI is InChI=1S/C34H31N3O/c1-23-19-31(27-14-10-13-26(20-27)30-17-8-9-18-32(30)38)36-34(24(23)2)37(29-15-4-3-5-16-29)33-21-25-11-6-7-12-28(25)22-35-33/h3-5,8-10,13-22,38H,6-7,11-12H2,1-2H3. The Kier molecular flexibility index (Phi) is 6.38. The summed E-state index contributed by atoms with van der Waals surface area (Å²) in [5.74, 6) is 2.04. The predicted molar refractivity (Wildman–Crippen MR) is 155 cm³/mol. The molecule has 188 valence electrons. The third-order valence-electron chi connectivity index (χ3n) is 7.55. The summed E-state index contributed by atoms with van der Waals surface area (Å²) in [6.07, 6.45) is 6.71. The lowest BCUT2D eigenvalue weighted by molar-refractivity contribution is 0.477. The Balaban J connectivity index is 1.50. The molecular weight excluding hydrogens is 466 g/mol. The topological polar surface area (TPSA) is 49.3 Å². The van der Waals surface area contributed by atoms with Crippen LogP contribution in [-0.4, -0.2) is 15.1 Å². The molecule has 1 aliphatic carbocycles. The number of para-hydroxylation sites is 2. The van der Waals surface area contributed by atoms with E-state index in [4.69, 9.17) is 9.97 Å². The third-order valence-corrected chi connectivity index (χ3v) is 7.55. The Morgan fingerprint density at radius 2 is 1.47 bits per heavy atom. The number of aromatic nitrogens is 2. The summed E-state index contributed by atoms with van der Waals surface area (Å²) in [6, 6.07) is 30.4. The maximum absolute atomic E-state index is 10.4. The van der Waals surface area contributed by atoms with Crippen LogP contribution in [0.25, 0.3) is 22.4 Å². The second-order valence-electron chi connectivity index (χ2n) is 10.1. The monoisotopic (exact) mass is 497 g/mol. The molecule has 0 saturated heterocycles. The average Bonchev–Trinajstić information content (AvgIpc) is 2.96. The normalized spacial score (nSPS) is 12.7. The van der Waals surface area contributed by atoms with E-state index in [-0.39, 0.29) is 5.75 Å². The molecule has 0 radical (unpaired) electrons. The van der Waals surface area contributed by atoms with Crippen molar-refractivity contribution in [3.8, 4) is 28.1 Å². The maximum Gasteiger partial charge on any atom is 0.142 e. The summed E-state index contributed by atoms with van der Waals surface area (Å²) in [7, 11) is 0. The second-order valence-corrected chi connectivity index (χ2v) is 10.1. The van der Waals surface area contributed by atoms with E-state index >= 15 is 0 Å². The van der Waals surface area contributed by atoms with Crippen molar-refractivity contribution < 1.29 is 5.11 Å². The molecule has 0 amide bonds. The van der Waals surface area contributed by atoms with Gasteiger partial charge in [-0.05, 0) is 104 Å². The van der Waals surface area contributed by atoms with Crippen LogP contribution in [0.2, 0.25) is 0 Å². The van der Waals surface area contributed by atoms with Gasteiger partial charge in [0.05, 0.1) is 5.69 Å². The van der Waals surface area contributed by atoms with E-state index in [9.17, 15) is 5.11 Å². The molecule has 0 atom stereocenters. The van der Waals surface area contributed by atoms with Crippen LogP contribution >= 0.6 is 0 Å². The zero-order chi connectivity index (χ0) is 26.1. The van der Waals surface area contributed by atoms with Crippen molar-refractivity contribution in [2.24, 2.45) is 0 Å². The van der Waals surface area contributed by atoms with E-state index in [1.54, 1.807) is 6.07 Å². The first-order chi connectivity index (χ1) is 18.6. The van der Waals surface area contributed by atoms with Crippen molar-refractivity contribution in [3.05, 3.63) is 119 Å². The summed E-state index contributed by atoms with van der Waals surface area (Å²) in [5, 5.41) is 10.4. The Bertz CT molecular complexity index is 1610. The van der Waals surface area contributed by atoms with Crippen molar-refractivity contribution in [1.29, 1.82) is 0 Å². The number of anilines is 3. The highest BCUT2D eigenvalue weighted by atomic mass is 16.3. The van der Waals surface area contributed by atoms with Crippen molar-refractivity contribution in [1.82, 2.24) is 9.97 Å². The molecule has 0 fully saturated rings. The van der Waals surface area contributed by atoms with Gasteiger partial charge in [0.2, 0.25) is 0 Å². The van der Waals surface area contributed by atoms with Crippen LogP contribution in [0.5, 0.6) is 5.75 Å². The number of pyridine rings is 2. The Morgan fingerprint density at radius 1 is 0.737 bits per heavy atom. The fraction of sp³-hybridized carbons (Fsp3) is 0.176. The number of hydrogen-bond acceptors (Lipinski definition) is 4. The largest absolute Gasteiger partial charge is 0.507 e. The van der Waals surface area contributed by atoms with Crippen molar-refractivity contribution >= 4 is 17.3 Å². The van der Waals surface area contributed by atoms with E-state index < -0.39 is 0 Å². The molecule has 5 aromatic rings. The molecular formula is C34H31N3O.